The number of para-hydroxylation sites is 1. The average Bonchev–Trinajstić information content (AvgIpc) is 3.06. The lowest BCUT2D eigenvalue weighted by atomic mass is 9.90. The van der Waals surface area contributed by atoms with Gasteiger partial charge in [0.1, 0.15) is 17.8 Å². The summed E-state index contributed by atoms with van der Waals surface area (Å²) in [6.45, 7) is 1.96. The first kappa shape index (κ1) is 21.0. The standard InChI is InChI=1S/C26H25N3O4/c1-26(20-11-9-19-15-21(33-2)12-10-18(19)14-20)24(31)29(25(32)27-26)16-23(30)28-13-5-7-17-6-3-4-8-22(17)28/h3-4,6,8-12,14-15H,5,7,13,16H2,1-2H3,(H,27,32). The van der Waals surface area contributed by atoms with Gasteiger partial charge < -0.3 is 15.0 Å². The van der Waals surface area contributed by atoms with Crippen molar-refractivity contribution in [3.8, 4) is 5.75 Å². The predicted octanol–water partition coefficient (Wildman–Crippen LogP) is 3.59. The molecule has 168 valence electrons. The first-order chi connectivity index (χ1) is 15.9. The molecule has 33 heavy (non-hydrogen) atoms. The van der Waals surface area contributed by atoms with Crippen LogP contribution in [0.2, 0.25) is 0 Å². The Kier molecular flexibility index (Phi) is 5.04. The van der Waals surface area contributed by atoms with E-state index in [2.05, 4.69) is 5.32 Å². The van der Waals surface area contributed by atoms with Crippen LogP contribution in [0.25, 0.3) is 10.8 Å². The zero-order chi connectivity index (χ0) is 23.2. The minimum atomic E-state index is -1.24. The largest absolute Gasteiger partial charge is 0.497 e. The number of urea groups is 1. The summed E-state index contributed by atoms with van der Waals surface area (Å²) in [5.74, 6) is 0.0511. The fourth-order valence-corrected chi connectivity index (χ4v) is 4.71. The summed E-state index contributed by atoms with van der Waals surface area (Å²) in [5, 5.41) is 4.70. The topological polar surface area (TPSA) is 79.0 Å². The highest BCUT2D eigenvalue weighted by atomic mass is 16.5. The van der Waals surface area contributed by atoms with Crippen LogP contribution in [0.1, 0.15) is 24.5 Å². The molecule has 1 fully saturated rings. The van der Waals surface area contributed by atoms with Crippen LogP contribution in [0.3, 0.4) is 0 Å². The molecule has 4 amide bonds. The summed E-state index contributed by atoms with van der Waals surface area (Å²) in [5.41, 5.74) is 1.38. The number of hydrogen-bond acceptors (Lipinski definition) is 4. The van der Waals surface area contributed by atoms with E-state index in [0.717, 1.165) is 45.5 Å². The lowest BCUT2D eigenvalue weighted by Gasteiger charge is -2.30. The highest BCUT2D eigenvalue weighted by molar-refractivity contribution is 6.11. The molecule has 0 aromatic heterocycles. The Morgan fingerprint density at radius 1 is 1.06 bits per heavy atom. The molecule has 3 aromatic rings. The molecular formula is C26H25N3O4. The minimum absolute atomic E-state index is 0.263. The number of carbonyl (C=O) groups excluding carboxylic acids is 3. The molecular weight excluding hydrogens is 418 g/mol. The van der Waals surface area contributed by atoms with Gasteiger partial charge in [-0.3, -0.25) is 14.5 Å². The van der Waals surface area contributed by atoms with Crippen molar-refractivity contribution in [3.05, 3.63) is 71.8 Å². The summed E-state index contributed by atoms with van der Waals surface area (Å²) < 4.78 is 5.27. The summed E-state index contributed by atoms with van der Waals surface area (Å²) in [7, 11) is 1.61. The van der Waals surface area contributed by atoms with Crippen LogP contribution in [-0.2, 0) is 21.5 Å². The molecule has 1 N–H and O–H groups in total. The van der Waals surface area contributed by atoms with Crippen molar-refractivity contribution in [2.24, 2.45) is 0 Å². The maximum Gasteiger partial charge on any atom is 0.325 e. The second-order valence-corrected chi connectivity index (χ2v) is 8.65. The third-order valence-electron chi connectivity index (χ3n) is 6.60. The number of nitrogens with zero attached hydrogens (tertiary/aromatic N) is 2. The Morgan fingerprint density at radius 3 is 2.64 bits per heavy atom. The average molecular weight is 444 g/mol. The SMILES string of the molecule is COc1ccc2cc(C3(C)NC(=O)N(CC(=O)N4CCCc5ccccc54)C3=O)ccc2c1. The molecule has 2 aliphatic heterocycles. The van der Waals surface area contributed by atoms with Gasteiger partial charge in [-0.25, -0.2) is 4.79 Å². The number of amides is 4. The zero-order valence-electron chi connectivity index (χ0n) is 18.6. The number of hydrogen-bond donors (Lipinski definition) is 1. The Balaban J connectivity index is 1.40. The molecule has 3 aromatic carbocycles. The number of methoxy groups -OCH3 is 1. The van der Waals surface area contributed by atoms with Gasteiger partial charge in [0, 0.05) is 12.2 Å². The van der Waals surface area contributed by atoms with E-state index in [0.29, 0.717) is 12.1 Å². The van der Waals surface area contributed by atoms with E-state index in [-0.39, 0.29) is 12.5 Å². The van der Waals surface area contributed by atoms with Crippen molar-refractivity contribution in [1.29, 1.82) is 0 Å². The van der Waals surface area contributed by atoms with Crippen molar-refractivity contribution in [3.63, 3.8) is 0 Å². The van der Waals surface area contributed by atoms with Gasteiger partial charge in [-0.1, -0.05) is 36.4 Å². The van der Waals surface area contributed by atoms with E-state index in [1.165, 1.54) is 0 Å². The third kappa shape index (κ3) is 3.50. The molecule has 2 heterocycles. The van der Waals surface area contributed by atoms with Gasteiger partial charge in [0.15, 0.2) is 0 Å². The smallest absolute Gasteiger partial charge is 0.325 e. The monoisotopic (exact) mass is 443 g/mol. The van der Waals surface area contributed by atoms with Crippen LogP contribution in [0.5, 0.6) is 5.75 Å². The quantitative estimate of drug-likeness (QED) is 0.625. The van der Waals surface area contributed by atoms with E-state index < -0.39 is 17.5 Å². The van der Waals surface area contributed by atoms with Crippen LogP contribution in [0.4, 0.5) is 10.5 Å². The number of ether oxygens (including phenoxy) is 1. The lowest BCUT2D eigenvalue weighted by molar-refractivity contribution is -0.134. The minimum Gasteiger partial charge on any atom is -0.497 e. The Hall–Kier alpha value is -3.87. The number of nitrogens with one attached hydrogen (secondary N) is 1. The second kappa shape index (κ2) is 7.92. The van der Waals surface area contributed by atoms with Crippen molar-refractivity contribution < 1.29 is 19.1 Å². The molecule has 5 rings (SSSR count). The van der Waals surface area contributed by atoms with Crippen molar-refractivity contribution in [2.75, 3.05) is 25.1 Å². The molecule has 0 aliphatic carbocycles. The van der Waals surface area contributed by atoms with Crippen LogP contribution >= 0.6 is 0 Å². The van der Waals surface area contributed by atoms with E-state index in [4.69, 9.17) is 4.74 Å². The summed E-state index contributed by atoms with van der Waals surface area (Å²) in [6.07, 6.45) is 1.76. The van der Waals surface area contributed by atoms with Gasteiger partial charge in [-0.05, 0) is 65.9 Å². The number of benzene rings is 3. The van der Waals surface area contributed by atoms with Crippen LogP contribution in [0, 0.1) is 0 Å². The maximum atomic E-state index is 13.4. The molecule has 7 nitrogen and oxygen atoms in total. The fourth-order valence-electron chi connectivity index (χ4n) is 4.71. The molecule has 1 saturated heterocycles. The van der Waals surface area contributed by atoms with Gasteiger partial charge >= 0.3 is 6.03 Å². The van der Waals surface area contributed by atoms with Crippen molar-refractivity contribution in [1.82, 2.24) is 10.2 Å². The Morgan fingerprint density at radius 2 is 1.82 bits per heavy atom. The number of fused-ring (bicyclic) bond motifs is 2. The normalized spacial score (nSPS) is 20.1. The maximum absolute atomic E-state index is 13.4. The van der Waals surface area contributed by atoms with Crippen LogP contribution < -0.4 is 15.0 Å². The lowest BCUT2D eigenvalue weighted by Crippen LogP contribution is -2.46. The van der Waals surface area contributed by atoms with Crippen molar-refractivity contribution >= 4 is 34.3 Å². The van der Waals surface area contributed by atoms with Crippen molar-refractivity contribution in [2.45, 2.75) is 25.3 Å². The Labute approximate surface area is 191 Å². The molecule has 0 bridgehead atoms. The number of carbonyl (C=O) groups is 3. The van der Waals surface area contributed by atoms with E-state index in [1.807, 2.05) is 60.7 Å². The molecule has 2 aliphatic rings. The van der Waals surface area contributed by atoms with Gasteiger partial charge in [-0.15, -0.1) is 0 Å². The van der Waals surface area contributed by atoms with Gasteiger partial charge in [-0.2, -0.15) is 0 Å². The summed E-state index contributed by atoms with van der Waals surface area (Å²) in [4.78, 5) is 42.0. The summed E-state index contributed by atoms with van der Waals surface area (Å²) >= 11 is 0. The molecule has 0 radical (unpaired) electrons. The number of aryl methyl sites for hydroxylation is 1. The molecule has 0 spiro atoms. The first-order valence-corrected chi connectivity index (χ1v) is 11.0. The van der Waals surface area contributed by atoms with Gasteiger partial charge in [0.25, 0.3) is 5.91 Å². The molecule has 7 heteroatoms. The Bertz CT molecular complexity index is 1290. The number of rotatable bonds is 4. The number of anilines is 1. The number of imide groups is 1. The molecule has 1 unspecified atom stereocenters. The summed E-state index contributed by atoms with van der Waals surface area (Å²) in [6, 6.07) is 18.5. The van der Waals surface area contributed by atoms with Gasteiger partial charge in [0.2, 0.25) is 5.91 Å². The predicted molar refractivity (Wildman–Crippen MR) is 125 cm³/mol. The van der Waals surface area contributed by atoms with Crippen LogP contribution in [-0.4, -0.2) is 42.9 Å². The highest BCUT2D eigenvalue weighted by Gasteiger charge is 2.50. The highest BCUT2D eigenvalue weighted by Crippen LogP contribution is 2.33. The second-order valence-electron chi connectivity index (χ2n) is 8.65. The van der Waals surface area contributed by atoms with E-state index in [1.54, 1.807) is 18.9 Å². The molecule has 1 atom stereocenters. The zero-order valence-corrected chi connectivity index (χ0v) is 18.6. The third-order valence-corrected chi connectivity index (χ3v) is 6.60. The van der Waals surface area contributed by atoms with Gasteiger partial charge in [0.05, 0.1) is 7.11 Å². The first-order valence-electron chi connectivity index (χ1n) is 11.0. The fraction of sp³-hybridized carbons (Fsp3) is 0.269. The van der Waals surface area contributed by atoms with Crippen LogP contribution in [0.15, 0.2) is 60.7 Å². The molecule has 0 saturated carbocycles. The van der Waals surface area contributed by atoms with E-state index >= 15 is 0 Å². The van der Waals surface area contributed by atoms with E-state index in [9.17, 15) is 14.4 Å².